The minimum Gasteiger partial charge on any atom is -0.324 e. The first-order valence-electron chi connectivity index (χ1n) is 4.91. The topological polar surface area (TPSA) is 54.9 Å². The van der Waals surface area contributed by atoms with Gasteiger partial charge in [-0.3, -0.25) is 4.79 Å². The summed E-state index contributed by atoms with van der Waals surface area (Å²) in [5, 5.41) is 3.04. The van der Waals surface area contributed by atoms with Crippen molar-refractivity contribution in [3.05, 3.63) is 48.3 Å². The van der Waals surface area contributed by atoms with E-state index in [9.17, 15) is 4.79 Å². The fourth-order valence-corrected chi connectivity index (χ4v) is 1.22. The van der Waals surface area contributed by atoms with Crippen LogP contribution in [0.15, 0.2) is 42.7 Å². The second kappa shape index (κ2) is 4.53. The number of hydrogen-bond donors (Lipinski definition) is 1. The predicted octanol–water partition coefficient (Wildman–Crippen LogP) is 2.42. The van der Waals surface area contributed by atoms with Gasteiger partial charge < -0.3 is 5.32 Å². The van der Waals surface area contributed by atoms with Crippen LogP contribution >= 0.6 is 0 Å². The van der Waals surface area contributed by atoms with Crippen molar-refractivity contribution in [3.63, 3.8) is 0 Å². The quantitative estimate of drug-likeness (QED) is 0.795. The molecule has 2 aromatic rings. The van der Waals surface area contributed by atoms with Gasteiger partial charge in [-0.05, 0) is 19.1 Å². The van der Waals surface area contributed by atoms with Gasteiger partial charge in [0.05, 0.1) is 5.56 Å². The van der Waals surface area contributed by atoms with E-state index in [1.54, 1.807) is 0 Å². The zero-order valence-electron chi connectivity index (χ0n) is 8.84. The van der Waals surface area contributed by atoms with E-state index in [0.29, 0.717) is 11.5 Å². The first-order valence-corrected chi connectivity index (χ1v) is 4.91. The van der Waals surface area contributed by atoms with Gasteiger partial charge in [0.15, 0.2) is 5.78 Å². The number of rotatable bonds is 3. The molecular weight excluding hydrogens is 202 g/mol. The van der Waals surface area contributed by atoms with E-state index >= 15 is 0 Å². The Bertz CT molecular complexity index is 479. The lowest BCUT2D eigenvalue weighted by Gasteiger charge is -2.03. The maximum atomic E-state index is 11.0. The van der Waals surface area contributed by atoms with Crippen LogP contribution in [0.4, 0.5) is 11.6 Å². The summed E-state index contributed by atoms with van der Waals surface area (Å²) in [6, 6.07) is 9.62. The highest BCUT2D eigenvalue weighted by atomic mass is 16.1. The number of anilines is 2. The van der Waals surface area contributed by atoms with Gasteiger partial charge in [0.1, 0.15) is 0 Å². The number of carbonyl (C=O) groups excluding carboxylic acids is 1. The predicted molar refractivity (Wildman–Crippen MR) is 61.8 cm³/mol. The molecule has 0 saturated heterocycles. The summed E-state index contributed by atoms with van der Waals surface area (Å²) in [6.07, 6.45) is 3.03. The van der Waals surface area contributed by atoms with E-state index in [0.717, 1.165) is 5.69 Å². The lowest BCUT2D eigenvalue weighted by Crippen LogP contribution is -2.00. The van der Waals surface area contributed by atoms with Gasteiger partial charge in [-0.15, -0.1) is 0 Å². The number of ketones is 1. The Balaban J connectivity index is 2.14. The number of nitrogens with one attached hydrogen (secondary N) is 1. The lowest BCUT2D eigenvalue weighted by molar-refractivity contribution is 0.101. The summed E-state index contributed by atoms with van der Waals surface area (Å²) in [5.41, 5.74) is 1.43. The van der Waals surface area contributed by atoms with E-state index in [1.807, 2.05) is 30.3 Å². The van der Waals surface area contributed by atoms with Crippen LogP contribution in [-0.4, -0.2) is 15.8 Å². The fraction of sp³-hybridized carbons (Fsp3) is 0.0833. The highest BCUT2D eigenvalue weighted by Crippen LogP contribution is 2.11. The summed E-state index contributed by atoms with van der Waals surface area (Å²) in [7, 11) is 0. The Morgan fingerprint density at radius 1 is 1.12 bits per heavy atom. The molecule has 0 bridgehead atoms. The van der Waals surface area contributed by atoms with Crippen LogP contribution in [0.2, 0.25) is 0 Å². The van der Waals surface area contributed by atoms with Crippen molar-refractivity contribution in [2.45, 2.75) is 6.92 Å². The van der Waals surface area contributed by atoms with Gasteiger partial charge in [0.25, 0.3) is 0 Å². The molecule has 4 heteroatoms. The van der Waals surface area contributed by atoms with Crippen molar-refractivity contribution in [1.29, 1.82) is 0 Å². The molecule has 0 aliphatic carbocycles. The van der Waals surface area contributed by atoms with Crippen molar-refractivity contribution in [1.82, 2.24) is 9.97 Å². The van der Waals surface area contributed by atoms with Crippen LogP contribution in [0.25, 0.3) is 0 Å². The summed E-state index contributed by atoms with van der Waals surface area (Å²) >= 11 is 0. The maximum absolute atomic E-state index is 11.0. The molecule has 0 atom stereocenters. The zero-order valence-corrected chi connectivity index (χ0v) is 8.84. The van der Waals surface area contributed by atoms with E-state index in [-0.39, 0.29) is 5.78 Å². The van der Waals surface area contributed by atoms with Crippen LogP contribution in [-0.2, 0) is 0 Å². The van der Waals surface area contributed by atoms with Gasteiger partial charge >= 0.3 is 0 Å². The Kier molecular flexibility index (Phi) is 2.91. The van der Waals surface area contributed by atoms with Crippen LogP contribution < -0.4 is 5.32 Å². The van der Waals surface area contributed by atoms with Crippen LogP contribution in [0.3, 0.4) is 0 Å². The molecule has 80 valence electrons. The molecule has 0 radical (unpaired) electrons. The van der Waals surface area contributed by atoms with Crippen LogP contribution in [0.1, 0.15) is 17.3 Å². The molecule has 0 fully saturated rings. The first-order chi connectivity index (χ1) is 7.75. The standard InChI is InChI=1S/C12H11N3O/c1-9(16)10-7-13-12(14-8-10)15-11-5-3-2-4-6-11/h2-8H,1H3,(H,13,14,15). The molecule has 16 heavy (non-hydrogen) atoms. The van der Waals surface area contributed by atoms with Crippen LogP contribution in [0, 0.1) is 0 Å². The molecule has 1 heterocycles. The summed E-state index contributed by atoms with van der Waals surface area (Å²) < 4.78 is 0. The number of Topliss-reactive ketones (excluding diaryl/α,β-unsaturated/α-hetero) is 1. The number of benzene rings is 1. The molecule has 4 nitrogen and oxygen atoms in total. The second-order valence-electron chi connectivity index (χ2n) is 3.34. The monoisotopic (exact) mass is 213 g/mol. The van der Waals surface area contributed by atoms with Gasteiger partial charge in [-0.25, -0.2) is 9.97 Å². The average Bonchev–Trinajstić information content (AvgIpc) is 2.31. The molecule has 0 amide bonds. The van der Waals surface area contributed by atoms with Crippen molar-refractivity contribution in [2.24, 2.45) is 0 Å². The van der Waals surface area contributed by atoms with Crippen molar-refractivity contribution >= 4 is 17.4 Å². The van der Waals surface area contributed by atoms with E-state index < -0.39 is 0 Å². The highest BCUT2D eigenvalue weighted by molar-refractivity contribution is 5.93. The average molecular weight is 213 g/mol. The fourth-order valence-electron chi connectivity index (χ4n) is 1.22. The second-order valence-corrected chi connectivity index (χ2v) is 3.34. The molecule has 2 rings (SSSR count). The number of nitrogens with zero attached hydrogens (tertiary/aromatic N) is 2. The van der Waals surface area contributed by atoms with Gasteiger partial charge in [0.2, 0.25) is 5.95 Å². The molecule has 1 aromatic carbocycles. The van der Waals surface area contributed by atoms with E-state index in [2.05, 4.69) is 15.3 Å². The Labute approximate surface area is 93.4 Å². The van der Waals surface area contributed by atoms with E-state index in [4.69, 9.17) is 0 Å². The molecular formula is C12H11N3O. The molecule has 0 aliphatic heterocycles. The third-order valence-electron chi connectivity index (χ3n) is 2.09. The number of carbonyl (C=O) groups is 1. The first kappa shape index (κ1) is 10.3. The van der Waals surface area contributed by atoms with Gasteiger partial charge in [0, 0.05) is 18.1 Å². The highest BCUT2D eigenvalue weighted by Gasteiger charge is 2.01. The Morgan fingerprint density at radius 3 is 2.31 bits per heavy atom. The Morgan fingerprint density at radius 2 is 1.75 bits per heavy atom. The van der Waals surface area contributed by atoms with Crippen molar-refractivity contribution in [3.8, 4) is 0 Å². The maximum Gasteiger partial charge on any atom is 0.227 e. The molecule has 0 unspecified atom stereocenters. The molecule has 1 aromatic heterocycles. The van der Waals surface area contributed by atoms with Crippen molar-refractivity contribution < 1.29 is 4.79 Å². The third kappa shape index (κ3) is 2.42. The number of hydrogen-bond acceptors (Lipinski definition) is 4. The smallest absolute Gasteiger partial charge is 0.227 e. The number of para-hydroxylation sites is 1. The minimum absolute atomic E-state index is 0.0359. The minimum atomic E-state index is -0.0359. The van der Waals surface area contributed by atoms with Crippen LogP contribution in [0.5, 0.6) is 0 Å². The lowest BCUT2D eigenvalue weighted by atomic mass is 10.2. The molecule has 1 N–H and O–H groups in total. The van der Waals surface area contributed by atoms with Gasteiger partial charge in [-0.2, -0.15) is 0 Å². The number of aromatic nitrogens is 2. The molecule has 0 saturated carbocycles. The van der Waals surface area contributed by atoms with Crippen molar-refractivity contribution in [2.75, 3.05) is 5.32 Å². The normalized spacial score (nSPS) is 9.81. The summed E-state index contributed by atoms with van der Waals surface area (Å²) in [5.74, 6) is 0.447. The molecule has 0 aliphatic rings. The zero-order chi connectivity index (χ0) is 11.4. The van der Waals surface area contributed by atoms with Gasteiger partial charge in [-0.1, -0.05) is 18.2 Å². The SMILES string of the molecule is CC(=O)c1cnc(Nc2ccccc2)nc1. The third-order valence-corrected chi connectivity index (χ3v) is 2.09. The molecule has 0 spiro atoms. The summed E-state index contributed by atoms with van der Waals surface area (Å²) in [4.78, 5) is 19.1. The van der Waals surface area contributed by atoms with E-state index in [1.165, 1.54) is 19.3 Å². The largest absolute Gasteiger partial charge is 0.324 e. The Hall–Kier alpha value is -2.23. The summed E-state index contributed by atoms with van der Waals surface area (Å²) in [6.45, 7) is 1.49.